The summed E-state index contributed by atoms with van der Waals surface area (Å²) < 4.78 is 18.4. The highest BCUT2D eigenvalue weighted by Gasteiger charge is 2.40. The summed E-state index contributed by atoms with van der Waals surface area (Å²) in [6.07, 6.45) is 0.294. The van der Waals surface area contributed by atoms with Crippen molar-refractivity contribution in [3.63, 3.8) is 0 Å². The summed E-state index contributed by atoms with van der Waals surface area (Å²) in [4.78, 5) is 1.99. The smallest absolute Gasteiger partial charge is 0.174 e. The maximum Gasteiger partial charge on any atom is 0.174 e. The van der Waals surface area contributed by atoms with Gasteiger partial charge < -0.3 is 25.2 Å². The van der Waals surface area contributed by atoms with E-state index < -0.39 is 6.10 Å². The van der Waals surface area contributed by atoms with Gasteiger partial charge in [0.25, 0.3) is 0 Å². The molecule has 0 aromatic heterocycles. The van der Waals surface area contributed by atoms with Gasteiger partial charge in [-0.25, -0.2) is 4.39 Å². The van der Waals surface area contributed by atoms with Crippen molar-refractivity contribution in [2.45, 2.75) is 31.0 Å². The maximum absolute atomic E-state index is 13.2. The first-order valence-corrected chi connectivity index (χ1v) is 10.8. The zero-order valence-corrected chi connectivity index (χ0v) is 18.4. The number of methoxy groups -OCH3 is 1. The Morgan fingerprint density at radius 1 is 1.09 bits per heavy atom. The normalized spacial score (nSPS) is 19.0. The van der Waals surface area contributed by atoms with Gasteiger partial charge in [0.15, 0.2) is 5.11 Å². The van der Waals surface area contributed by atoms with Crippen molar-refractivity contribution in [2.75, 3.05) is 12.0 Å². The van der Waals surface area contributed by atoms with Crippen LogP contribution in [0.2, 0.25) is 0 Å². The Bertz CT molecular complexity index is 1080. The van der Waals surface area contributed by atoms with Crippen LogP contribution in [-0.2, 0) is 0 Å². The van der Waals surface area contributed by atoms with Crippen LogP contribution in [0.3, 0.4) is 0 Å². The van der Waals surface area contributed by atoms with Gasteiger partial charge in [-0.3, -0.25) is 0 Å². The fourth-order valence-corrected chi connectivity index (χ4v) is 4.53. The average Bonchev–Trinajstić information content (AvgIpc) is 3.14. The number of hydrogen-bond acceptors (Lipinski definition) is 4. The zero-order chi connectivity index (χ0) is 22.7. The van der Waals surface area contributed by atoms with Crippen molar-refractivity contribution in [3.8, 4) is 11.5 Å². The average molecular weight is 453 g/mol. The molecule has 0 aliphatic carbocycles. The van der Waals surface area contributed by atoms with Crippen LogP contribution in [-0.4, -0.2) is 28.5 Å². The lowest BCUT2D eigenvalue weighted by Crippen LogP contribution is -2.29. The molecule has 5 nitrogen and oxygen atoms in total. The number of phenolic OH excluding ortho intramolecular Hbond substituents is 1. The number of rotatable bonds is 7. The predicted octanol–water partition coefficient (Wildman–Crippen LogP) is 4.86. The van der Waals surface area contributed by atoms with E-state index in [9.17, 15) is 14.6 Å². The predicted molar refractivity (Wildman–Crippen MR) is 126 cm³/mol. The van der Waals surface area contributed by atoms with E-state index in [0.29, 0.717) is 34.8 Å². The Kier molecular flexibility index (Phi) is 6.58. The molecule has 3 unspecified atom stereocenters. The molecule has 166 valence electrons. The number of nitrogens with zero attached hydrogens (tertiary/aromatic N) is 1. The van der Waals surface area contributed by atoms with Crippen molar-refractivity contribution in [3.05, 3.63) is 89.7 Å². The molecule has 0 spiro atoms. The number of benzene rings is 3. The molecule has 1 fully saturated rings. The molecule has 1 saturated heterocycles. The van der Waals surface area contributed by atoms with E-state index in [-0.39, 0.29) is 23.7 Å². The van der Waals surface area contributed by atoms with Crippen molar-refractivity contribution in [1.82, 2.24) is 5.32 Å². The molecule has 0 radical (unpaired) electrons. The number of anilines is 1. The van der Waals surface area contributed by atoms with Gasteiger partial charge in [0.1, 0.15) is 17.3 Å². The molecule has 1 aliphatic heterocycles. The van der Waals surface area contributed by atoms with Gasteiger partial charge in [0.05, 0.1) is 25.3 Å². The van der Waals surface area contributed by atoms with E-state index in [0.717, 1.165) is 5.69 Å². The SMILES string of the molecule is COc1ccc(C2C(CCC(O)c3ccc(F)cc3)NC(=S)N2c2ccccc2)c(O)c1. The first-order valence-electron chi connectivity index (χ1n) is 10.4. The second kappa shape index (κ2) is 9.54. The number of aromatic hydroxyl groups is 1. The van der Waals surface area contributed by atoms with Crippen molar-refractivity contribution in [1.29, 1.82) is 0 Å². The minimum absolute atomic E-state index is 0.117. The summed E-state index contributed by atoms with van der Waals surface area (Å²) in [5, 5.41) is 25.3. The maximum atomic E-state index is 13.2. The largest absolute Gasteiger partial charge is 0.507 e. The van der Waals surface area contributed by atoms with Crippen LogP contribution in [0.1, 0.15) is 36.1 Å². The van der Waals surface area contributed by atoms with Crippen molar-refractivity contribution < 1.29 is 19.3 Å². The van der Waals surface area contributed by atoms with Crippen molar-refractivity contribution in [2.24, 2.45) is 0 Å². The summed E-state index contributed by atoms with van der Waals surface area (Å²) in [5.41, 5.74) is 2.28. The van der Waals surface area contributed by atoms with E-state index in [4.69, 9.17) is 17.0 Å². The molecular formula is C25H25FN2O3S. The first-order chi connectivity index (χ1) is 15.5. The second-order valence-corrected chi connectivity index (χ2v) is 8.16. The molecule has 1 aliphatic rings. The van der Waals surface area contributed by atoms with Crippen LogP contribution in [0.15, 0.2) is 72.8 Å². The highest BCUT2D eigenvalue weighted by molar-refractivity contribution is 7.80. The van der Waals surface area contributed by atoms with Gasteiger partial charge in [-0.2, -0.15) is 0 Å². The minimum Gasteiger partial charge on any atom is -0.507 e. The second-order valence-electron chi connectivity index (χ2n) is 7.78. The Morgan fingerprint density at radius 3 is 2.47 bits per heavy atom. The van der Waals surface area contributed by atoms with Gasteiger partial charge in [-0.15, -0.1) is 0 Å². The number of thiocarbonyl (C=S) groups is 1. The molecule has 0 amide bonds. The lowest BCUT2D eigenvalue weighted by molar-refractivity contribution is 0.159. The van der Waals surface area contributed by atoms with Crippen LogP contribution >= 0.6 is 12.2 Å². The third kappa shape index (κ3) is 4.54. The summed E-state index contributed by atoms with van der Waals surface area (Å²) in [6.45, 7) is 0. The molecule has 7 heteroatoms. The standard InChI is InChI=1S/C25H25FN2O3S/c1-31-19-11-12-20(23(30)15-19)24-21(13-14-22(29)16-7-9-17(26)10-8-16)27-25(32)28(24)18-5-3-2-4-6-18/h2-12,15,21-22,24,29-30H,13-14H2,1H3,(H,27,32). The molecule has 0 saturated carbocycles. The molecule has 0 bridgehead atoms. The zero-order valence-electron chi connectivity index (χ0n) is 17.6. The van der Waals surface area contributed by atoms with Gasteiger partial charge in [0.2, 0.25) is 0 Å². The molecule has 3 N–H and O–H groups in total. The highest BCUT2D eigenvalue weighted by Crippen LogP contribution is 2.41. The Morgan fingerprint density at radius 2 is 1.81 bits per heavy atom. The summed E-state index contributed by atoms with van der Waals surface area (Å²) in [5.74, 6) is 0.345. The van der Waals surface area contributed by atoms with Gasteiger partial charge in [0, 0.05) is 17.3 Å². The van der Waals surface area contributed by atoms with E-state index in [1.54, 1.807) is 25.3 Å². The van der Waals surface area contributed by atoms with Gasteiger partial charge in [-0.05, 0) is 67.0 Å². The topological polar surface area (TPSA) is 65.0 Å². The number of ether oxygens (including phenoxy) is 1. The molecule has 1 heterocycles. The number of nitrogens with one attached hydrogen (secondary N) is 1. The summed E-state index contributed by atoms with van der Waals surface area (Å²) in [7, 11) is 1.55. The first kappa shape index (κ1) is 22.0. The lowest BCUT2D eigenvalue weighted by Gasteiger charge is -2.29. The quantitative estimate of drug-likeness (QED) is 0.445. The monoisotopic (exact) mass is 452 g/mol. The Hall–Kier alpha value is -3.16. The Balaban J connectivity index is 1.63. The molecule has 32 heavy (non-hydrogen) atoms. The lowest BCUT2D eigenvalue weighted by atomic mass is 9.92. The molecule has 3 atom stereocenters. The number of halogens is 1. The minimum atomic E-state index is -0.734. The Labute approximate surface area is 192 Å². The van der Waals surface area contributed by atoms with E-state index in [2.05, 4.69) is 5.32 Å². The van der Waals surface area contributed by atoms with E-state index in [1.165, 1.54) is 12.1 Å². The van der Waals surface area contributed by atoms with Gasteiger partial charge in [-0.1, -0.05) is 30.3 Å². The van der Waals surface area contributed by atoms with Crippen LogP contribution in [0, 0.1) is 5.82 Å². The van der Waals surface area contributed by atoms with Crippen molar-refractivity contribution >= 4 is 23.0 Å². The third-order valence-corrected chi connectivity index (χ3v) is 6.10. The summed E-state index contributed by atoms with van der Waals surface area (Å²) in [6, 6.07) is 20.4. The van der Waals surface area contributed by atoms with E-state index >= 15 is 0 Å². The number of phenols is 1. The molecular weight excluding hydrogens is 427 g/mol. The third-order valence-electron chi connectivity index (χ3n) is 5.78. The van der Waals surface area contributed by atoms with Crippen LogP contribution < -0.4 is 15.0 Å². The number of hydrogen-bond donors (Lipinski definition) is 3. The fraction of sp³-hybridized carbons (Fsp3) is 0.240. The molecule has 3 aromatic rings. The van der Waals surface area contributed by atoms with Gasteiger partial charge >= 0.3 is 0 Å². The van der Waals surface area contributed by atoms with Crippen LogP contribution in [0.25, 0.3) is 0 Å². The number of aliphatic hydroxyl groups excluding tert-OH is 1. The van der Waals surface area contributed by atoms with Crippen LogP contribution in [0.5, 0.6) is 11.5 Å². The van der Waals surface area contributed by atoms with E-state index in [1.807, 2.05) is 47.4 Å². The molecule has 4 rings (SSSR count). The number of para-hydroxylation sites is 1. The highest BCUT2D eigenvalue weighted by atomic mass is 32.1. The fourth-order valence-electron chi connectivity index (χ4n) is 4.16. The van der Waals surface area contributed by atoms with Crippen LogP contribution in [0.4, 0.5) is 10.1 Å². The number of aliphatic hydroxyl groups is 1. The molecule has 3 aromatic carbocycles. The summed E-state index contributed by atoms with van der Waals surface area (Å²) >= 11 is 5.66.